The minimum absolute atomic E-state index is 0.00193. The summed E-state index contributed by atoms with van der Waals surface area (Å²) in [4.78, 5) is 5.94. The third-order valence-electron chi connectivity index (χ3n) is 2.04. The van der Waals surface area contributed by atoms with Crippen LogP contribution in [0.4, 0.5) is 11.4 Å². The molecule has 0 heterocycles. The number of hydrogen-bond acceptors (Lipinski definition) is 3. The van der Waals surface area contributed by atoms with Crippen LogP contribution in [0, 0.1) is 0 Å². The summed E-state index contributed by atoms with van der Waals surface area (Å²) >= 11 is 0. The smallest absolute Gasteiger partial charge is 0.193 e. The van der Waals surface area contributed by atoms with Gasteiger partial charge in [-0.25, -0.2) is 0 Å². The van der Waals surface area contributed by atoms with Gasteiger partial charge in [-0.05, 0) is 24.3 Å². The van der Waals surface area contributed by atoms with Crippen LogP contribution in [-0.4, -0.2) is 38.3 Å². The molecular weight excluding hydrogens is 204 g/mol. The summed E-state index contributed by atoms with van der Waals surface area (Å²) in [5.41, 5.74) is 7.61. The van der Waals surface area contributed by atoms with Crippen molar-refractivity contribution in [1.82, 2.24) is 0 Å². The summed E-state index contributed by atoms with van der Waals surface area (Å²) in [6.07, 6.45) is 0. The number of guanidine groups is 1. The molecular formula is C11H18N4O. The van der Waals surface area contributed by atoms with Crippen molar-refractivity contribution in [3.05, 3.63) is 24.3 Å². The van der Waals surface area contributed by atoms with Crippen LogP contribution < -0.4 is 16.0 Å². The molecule has 0 saturated heterocycles. The number of aliphatic hydroxyl groups is 1. The van der Waals surface area contributed by atoms with E-state index >= 15 is 0 Å². The lowest BCUT2D eigenvalue weighted by atomic mass is 10.2. The average Bonchev–Trinajstić information content (AvgIpc) is 2.27. The summed E-state index contributed by atoms with van der Waals surface area (Å²) in [7, 11) is 3.97. The van der Waals surface area contributed by atoms with Gasteiger partial charge in [-0.3, -0.25) is 4.99 Å². The zero-order valence-electron chi connectivity index (χ0n) is 9.64. The van der Waals surface area contributed by atoms with E-state index in [2.05, 4.69) is 10.3 Å². The van der Waals surface area contributed by atoms with Crippen LogP contribution in [0.25, 0.3) is 0 Å². The number of rotatable bonds is 4. The second kappa shape index (κ2) is 5.97. The fraction of sp³-hybridized carbons (Fsp3) is 0.364. The van der Waals surface area contributed by atoms with Gasteiger partial charge in [0, 0.05) is 25.5 Å². The van der Waals surface area contributed by atoms with Crippen molar-refractivity contribution in [3.8, 4) is 0 Å². The Labute approximate surface area is 95.6 Å². The number of nitrogens with one attached hydrogen (secondary N) is 1. The Bertz CT molecular complexity index is 346. The van der Waals surface area contributed by atoms with E-state index in [1.54, 1.807) is 0 Å². The Balaban J connectivity index is 2.61. The lowest BCUT2D eigenvalue weighted by Gasteiger charge is -2.13. The zero-order chi connectivity index (χ0) is 12.0. The highest BCUT2D eigenvalue weighted by Gasteiger charge is 1.97. The van der Waals surface area contributed by atoms with Gasteiger partial charge < -0.3 is 21.1 Å². The number of aliphatic hydroxyl groups excluding tert-OH is 1. The molecule has 0 fully saturated rings. The van der Waals surface area contributed by atoms with Gasteiger partial charge in [0.15, 0.2) is 5.96 Å². The van der Waals surface area contributed by atoms with Crippen LogP contribution in [0.2, 0.25) is 0 Å². The zero-order valence-corrected chi connectivity index (χ0v) is 9.64. The van der Waals surface area contributed by atoms with E-state index in [9.17, 15) is 0 Å². The van der Waals surface area contributed by atoms with Crippen LogP contribution in [-0.2, 0) is 0 Å². The summed E-state index contributed by atoms with van der Waals surface area (Å²) in [5, 5.41) is 11.5. The number of anilines is 2. The van der Waals surface area contributed by atoms with E-state index in [4.69, 9.17) is 10.8 Å². The Morgan fingerprint density at radius 1 is 1.38 bits per heavy atom. The van der Waals surface area contributed by atoms with E-state index in [0.717, 1.165) is 11.4 Å². The Morgan fingerprint density at radius 3 is 2.50 bits per heavy atom. The van der Waals surface area contributed by atoms with Gasteiger partial charge in [-0.15, -0.1) is 0 Å². The van der Waals surface area contributed by atoms with Crippen molar-refractivity contribution in [2.45, 2.75) is 0 Å². The summed E-state index contributed by atoms with van der Waals surface area (Å²) in [5.74, 6) is 0.312. The van der Waals surface area contributed by atoms with Crippen LogP contribution in [0.5, 0.6) is 0 Å². The normalized spacial score (nSPS) is 11.3. The number of aliphatic imine (C=N–C) groups is 1. The van der Waals surface area contributed by atoms with Gasteiger partial charge in [-0.1, -0.05) is 0 Å². The van der Waals surface area contributed by atoms with Crippen molar-refractivity contribution < 1.29 is 5.11 Å². The van der Waals surface area contributed by atoms with Gasteiger partial charge in [0.25, 0.3) is 0 Å². The lowest BCUT2D eigenvalue weighted by Crippen LogP contribution is -2.23. The number of hydrogen-bond donors (Lipinski definition) is 3. The molecule has 0 aliphatic heterocycles. The standard InChI is InChI=1S/C11H18N4O/c1-15(2)10-5-3-9(4-6-10)14-11(12)13-7-8-16/h3-6,16H,7-8H2,1-2H3,(H3,12,13,14). The monoisotopic (exact) mass is 222 g/mol. The predicted octanol–water partition coefficient (Wildman–Crippen LogP) is 0.471. The first-order valence-electron chi connectivity index (χ1n) is 5.08. The number of benzene rings is 1. The number of nitrogens with two attached hydrogens (primary N) is 1. The second-order valence-corrected chi connectivity index (χ2v) is 3.56. The van der Waals surface area contributed by atoms with Gasteiger partial charge in [0.2, 0.25) is 0 Å². The molecule has 1 aromatic rings. The first-order valence-corrected chi connectivity index (χ1v) is 5.08. The van der Waals surface area contributed by atoms with Crippen LogP contribution >= 0.6 is 0 Å². The Hall–Kier alpha value is -1.75. The van der Waals surface area contributed by atoms with Gasteiger partial charge in [0.1, 0.15) is 0 Å². The highest BCUT2D eigenvalue weighted by molar-refractivity contribution is 5.92. The minimum atomic E-state index is 0.00193. The van der Waals surface area contributed by atoms with Crippen molar-refractivity contribution in [1.29, 1.82) is 0 Å². The molecule has 4 N–H and O–H groups in total. The largest absolute Gasteiger partial charge is 0.394 e. The van der Waals surface area contributed by atoms with Crippen molar-refractivity contribution in [2.75, 3.05) is 37.5 Å². The lowest BCUT2D eigenvalue weighted by molar-refractivity contribution is 0.307. The van der Waals surface area contributed by atoms with Crippen LogP contribution in [0.3, 0.4) is 0 Å². The molecule has 1 aromatic carbocycles. The molecule has 0 bridgehead atoms. The maximum absolute atomic E-state index is 8.58. The second-order valence-electron chi connectivity index (χ2n) is 3.56. The molecule has 5 nitrogen and oxygen atoms in total. The average molecular weight is 222 g/mol. The van der Waals surface area contributed by atoms with Gasteiger partial charge in [-0.2, -0.15) is 0 Å². The maximum atomic E-state index is 8.58. The fourth-order valence-corrected chi connectivity index (χ4v) is 1.20. The quantitative estimate of drug-likeness (QED) is 0.511. The molecule has 0 saturated carbocycles. The molecule has 0 spiro atoms. The summed E-state index contributed by atoms with van der Waals surface area (Å²) in [6, 6.07) is 7.83. The molecule has 5 heteroatoms. The SMILES string of the molecule is CN(C)c1ccc(NC(N)=NCCO)cc1. The van der Waals surface area contributed by atoms with Gasteiger partial charge >= 0.3 is 0 Å². The van der Waals surface area contributed by atoms with Crippen molar-refractivity contribution in [3.63, 3.8) is 0 Å². The van der Waals surface area contributed by atoms with Crippen LogP contribution in [0.15, 0.2) is 29.3 Å². The third-order valence-corrected chi connectivity index (χ3v) is 2.04. The first kappa shape index (κ1) is 12.3. The van der Waals surface area contributed by atoms with Gasteiger partial charge in [0.05, 0.1) is 13.2 Å². The first-order chi connectivity index (χ1) is 7.63. The molecule has 0 aliphatic carbocycles. The van der Waals surface area contributed by atoms with E-state index in [-0.39, 0.29) is 6.61 Å². The molecule has 0 aliphatic rings. The highest BCUT2D eigenvalue weighted by atomic mass is 16.3. The Morgan fingerprint density at radius 2 is 2.00 bits per heavy atom. The third kappa shape index (κ3) is 3.78. The summed E-state index contributed by atoms with van der Waals surface area (Å²) in [6.45, 7) is 0.316. The highest BCUT2D eigenvalue weighted by Crippen LogP contribution is 2.15. The minimum Gasteiger partial charge on any atom is -0.394 e. The van der Waals surface area contributed by atoms with E-state index in [0.29, 0.717) is 12.5 Å². The molecule has 0 radical (unpaired) electrons. The predicted molar refractivity (Wildman–Crippen MR) is 68.0 cm³/mol. The van der Waals surface area contributed by atoms with E-state index < -0.39 is 0 Å². The molecule has 0 aromatic heterocycles. The molecule has 0 unspecified atom stereocenters. The Kier molecular flexibility index (Phi) is 4.60. The van der Waals surface area contributed by atoms with Crippen molar-refractivity contribution in [2.24, 2.45) is 10.7 Å². The molecule has 0 amide bonds. The van der Waals surface area contributed by atoms with Crippen LogP contribution in [0.1, 0.15) is 0 Å². The fourth-order valence-electron chi connectivity index (χ4n) is 1.20. The molecule has 1 rings (SSSR count). The topological polar surface area (TPSA) is 73.9 Å². The number of nitrogens with zero attached hydrogens (tertiary/aromatic N) is 2. The maximum Gasteiger partial charge on any atom is 0.193 e. The summed E-state index contributed by atoms with van der Waals surface area (Å²) < 4.78 is 0. The molecule has 16 heavy (non-hydrogen) atoms. The molecule has 88 valence electrons. The molecule has 0 atom stereocenters. The van der Waals surface area contributed by atoms with Crippen molar-refractivity contribution >= 4 is 17.3 Å². The van der Waals surface area contributed by atoms with E-state index in [1.165, 1.54) is 0 Å². The van der Waals surface area contributed by atoms with E-state index in [1.807, 2.05) is 43.3 Å².